The van der Waals surface area contributed by atoms with Gasteiger partial charge in [-0.2, -0.15) is 4.57 Å². The van der Waals surface area contributed by atoms with Gasteiger partial charge in [-0.1, -0.05) is 115 Å². The number of benzene rings is 9. The second kappa shape index (κ2) is 12.9. The molecule has 9 aromatic carbocycles. The first-order valence-electron chi connectivity index (χ1n) is 19.8. The van der Waals surface area contributed by atoms with Crippen molar-refractivity contribution in [3.63, 3.8) is 0 Å². The Balaban J connectivity index is 0.993. The van der Waals surface area contributed by atoms with Crippen LogP contribution in [0.5, 0.6) is 0 Å². The number of aromatic nitrogens is 4. The lowest BCUT2D eigenvalue weighted by Crippen LogP contribution is -2.34. The van der Waals surface area contributed by atoms with Crippen molar-refractivity contribution in [2.75, 3.05) is 0 Å². The fourth-order valence-corrected chi connectivity index (χ4v) is 9.05. The number of hydrogen-bond acceptors (Lipinski definition) is 1. The van der Waals surface area contributed by atoms with E-state index < -0.39 is 0 Å². The van der Waals surface area contributed by atoms with Crippen molar-refractivity contribution in [1.82, 2.24) is 14.1 Å². The van der Waals surface area contributed by atoms with Gasteiger partial charge < -0.3 is 9.13 Å². The standard InChI is InChI=1S/C54H35N4/c1-3-15-41(16-4-1)56-35-40-14-8-11-21-49(40)55-54(56)37-23-28-43(29-24-37)57-50-22-12-10-20-45(50)47-33-38(26-31-51(47)57)39-27-32-52-48(34-39)46-30-25-36-13-7-9-19-44(36)53(46)58(52)42-17-5-2-6-18-42/h1-35H/q+1. The molecule has 12 aromatic rings. The molecule has 3 heterocycles. The Labute approximate surface area is 334 Å². The molecule has 270 valence electrons. The van der Waals surface area contributed by atoms with Crippen molar-refractivity contribution in [3.05, 3.63) is 212 Å². The van der Waals surface area contributed by atoms with E-state index in [1.54, 1.807) is 0 Å². The Bertz CT molecular complexity index is 3540. The summed E-state index contributed by atoms with van der Waals surface area (Å²) in [4.78, 5) is 5.17. The zero-order valence-electron chi connectivity index (χ0n) is 31.5. The van der Waals surface area contributed by atoms with E-state index in [0.717, 1.165) is 39.4 Å². The second-order valence-electron chi connectivity index (χ2n) is 15.0. The van der Waals surface area contributed by atoms with Crippen molar-refractivity contribution in [2.24, 2.45) is 0 Å². The summed E-state index contributed by atoms with van der Waals surface area (Å²) in [7, 11) is 0. The smallest absolute Gasteiger partial charge is 0.309 e. The summed E-state index contributed by atoms with van der Waals surface area (Å²) in [5.74, 6) is 0.903. The highest BCUT2D eigenvalue weighted by atomic mass is 15.0. The van der Waals surface area contributed by atoms with Crippen molar-refractivity contribution < 1.29 is 4.57 Å². The first-order valence-corrected chi connectivity index (χ1v) is 19.8. The van der Waals surface area contributed by atoms with Gasteiger partial charge in [0.25, 0.3) is 0 Å². The van der Waals surface area contributed by atoms with Gasteiger partial charge in [-0.15, -0.1) is 0 Å². The molecular weight excluding hydrogens is 705 g/mol. The van der Waals surface area contributed by atoms with E-state index >= 15 is 0 Å². The topological polar surface area (TPSA) is 26.6 Å². The Kier molecular flexibility index (Phi) is 7.20. The van der Waals surface area contributed by atoms with Gasteiger partial charge in [0.15, 0.2) is 5.52 Å². The lowest BCUT2D eigenvalue weighted by atomic mass is 10.00. The summed E-state index contributed by atoms with van der Waals surface area (Å²) in [6.07, 6.45) is 2.19. The third-order valence-electron chi connectivity index (χ3n) is 11.7. The highest BCUT2D eigenvalue weighted by Crippen LogP contribution is 2.40. The molecule has 0 aliphatic heterocycles. The van der Waals surface area contributed by atoms with Crippen molar-refractivity contribution >= 4 is 65.3 Å². The van der Waals surface area contributed by atoms with Crippen LogP contribution < -0.4 is 4.57 Å². The van der Waals surface area contributed by atoms with E-state index in [1.807, 2.05) is 12.1 Å². The van der Waals surface area contributed by atoms with Crippen LogP contribution in [0.25, 0.3) is 105 Å². The summed E-state index contributed by atoms with van der Waals surface area (Å²) in [5.41, 5.74) is 12.6. The molecule has 0 aliphatic rings. The van der Waals surface area contributed by atoms with Gasteiger partial charge in [0, 0.05) is 38.3 Å². The summed E-state index contributed by atoms with van der Waals surface area (Å²) in [6.45, 7) is 0. The number of hydrogen-bond donors (Lipinski definition) is 0. The van der Waals surface area contributed by atoms with Crippen LogP contribution in [0.3, 0.4) is 0 Å². The predicted molar refractivity (Wildman–Crippen MR) is 240 cm³/mol. The lowest BCUT2D eigenvalue weighted by Gasteiger charge is -2.10. The van der Waals surface area contributed by atoms with Crippen LogP contribution in [0, 0.1) is 0 Å². The molecule has 0 spiro atoms. The van der Waals surface area contributed by atoms with Crippen LogP contribution in [0.2, 0.25) is 0 Å². The van der Waals surface area contributed by atoms with E-state index in [0.29, 0.717) is 0 Å². The summed E-state index contributed by atoms with van der Waals surface area (Å²) < 4.78 is 7.01. The molecule has 58 heavy (non-hydrogen) atoms. The fourth-order valence-electron chi connectivity index (χ4n) is 9.05. The van der Waals surface area contributed by atoms with E-state index in [4.69, 9.17) is 4.98 Å². The molecule has 0 radical (unpaired) electrons. The molecule has 4 nitrogen and oxygen atoms in total. The molecule has 0 N–H and O–H groups in total. The third-order valence-corrected chi connectivity index (χ3v) is 11.7. The average Bonchev–Trinajstić information content (AvgIpc) is 3.82. The maximum Gasteiger partial charge on any atom is 0.336 e. The predicted octanol–water partition coefficient (Wildman–Crippen LogP) is 13.2. The Morgan fingerprint density at radius 1 is 0.362 bits per heavy atom. The summed E-state index contributed by atoms with van der Waals surface area (Å²) in [5, 5.41) is 8.57. The molecule has 0 atom stereocenters. The van der Waals surface area contributed by atoms with Gasteiger partial charge in [0.05, 0.1) is 33.0 Å². The van der Waals surface area contributed by atoms with Crippen LogP contribution in [0.4, 0.5) is 0 Å². The molecule has 4 heteroatoms. The number of para-hydroxylation sites is 4. The van der Waals surface area contributed by atoms with Crippen molar-refractivity contribution in [2.45, 2.75) is 0 Å². The number of rotatable bonds is 5. The number of nitrogens with zero attached hydrogens (tertiary/aromatic N) is 4. The first kappa shape index (κ1) is 32.4. The highest BCUT2D eigenvalue weighted by Gasteiger charge is 2.21. The highest BCUT2D eigenvalue weighted by molar-refractivity contribution is 6.19. The van der Waals surface area contributed by atoms with Gasteiger partial charge in [-0.05, 0) is 112 Å². The molecule has 0 unspecified atom stereocenters. The van der Waals surface area contributed by atoms with E-state index in [9.17, 15) is 0 Å². The lowest BCUT2D eigenvalue weighted by molar-refractivity contribution is -0.585. The maximum absolute atomic E-state index is 5.17. The molecule has 0 aliphatic carbocycles. The number of fused-ring (bicyclic) bond motifs is 9. The average molecular weight is 740 g/mol. The molecule has 0 amide bonds. The fraction of sp³-hybridized carbons (Fsp3) is 0. The van der Waals surface area contributed by atoms with E-state index in [2.05, 4.69) is 214 Å². The van der Waals surface area contributed by atoms with E-state index in [-0.39, 0.29) is 0 Å². The SMILES string of the molecule is c1ccc(-n2c3ccc(-c4ccc5c(c4)c4ccccc4n5-c4ccc(-c5nc6ccccc6c[n+]5-c5ccccc5)cc4)cc3c3ccc4ccccc4c32)cc1. The minimum Gasteiger partial charge on any atom is -0.309 e. The Morgan fingerprint density at radius 3 is 1.71 bits per heavy atom. The molecule has 3 aromatic heterocycles. The van der Waals surface area contributed by atoms with Crippen LogP contribution in [0.1, 0.15) is 0 Å². The molecule has 12 rings (SSSR count). The maximum atomic E-state index is 5.17. The summed E-state index contributed by atoms with van der Waals surface area (Å²) in [6, 6.07) is 74.3. The Morgan fingerprint density at radius 2 is 0.931 bits per heavy atom. The monoisotopic (exact) mass is 739 g/mol. The normalized spacial score (nSPS) is 11.8. The zero-order valence-corrected chi connectivity index (χ0v) is 31.5. The zero-order chi connectivity index (χ0) is 38.2. The largest absolute Gasteiger partial charge is 0.336 e. The molecule has 0 fully saturated rings. The van der Waals surface area contributed by atoms with Gasteiger partial charge in [-0.25, -0.2) is 0 Å². The van der Waals surface area contributed by atoms with Gasteiger partial charge in [-0.3, -0.25) is 0 Å². The van der Waals surface area contributed by atoms with Crippen LogP contribution in [-0.2, 0) is 0 Å². The first-order chi connectivity index (χ1) is 28.8. The van der Waals surface area contributed by atoms with E-state index in [1.165, 1.54) is 65.5 Å². The molecule has 0 saturated heterocycles. The Hall–Kier alpha value is -7.82. The quantitative estimate of drug-likeness (QED) is 0.161. The third kappa shape index (κ3) is 5.02. The van der Waals surface area contributed by atoms with Crippen LogP contribution in [0.15, 0.2) is 212 Å². The second-order valence-corrected chi connectivity index (χ2v) is 15.0. The minimum atomic E-state index is 0.903. The van der Waals surface area contributed by atoms with Gasteiger partial charge >= 0.3 is 5.82 Å². The van der Waals surface area contributed by atoms with Gasteiger partial charge in [0.1, 0.15) is 11.9 Å². The van der Waals surface area contributed by atoms with Gasteiger partial charge in [0.2, 0.25) is 0 Å². The van der Waals surface area contributed by atoms with Crippen molar-refractivity contribution in [1.29, 1.82) is 0 Å². The molecule has 0 bridgehead atoms. The van der Waals surface area contributed by atoms with Crippen molar-refractivity contribution in [3.8, 4) is 39.6 Å². The summed E-state index contributed by atoms with van der Waals surface area (Å²) >= 11 is 0. The van der Waals surface area contributed by atoms with Crippen LogP contribution >= 0.6 is 0 Å². The van der Waals surface area contributed by atoms with Crippen LogP contribution in [-0.4, -0.2) is 14.1 Å². The minimum absolute atomic E-state index is 0.903. The molecular formula is C54H35N4+. The molecule has 0 saturated carbocycles.